The van der Waals surface area contributed by atoms with Crippen LogP contribution in [0.15, 0.2) is 42.9 Å². The first-order valence-corrected chi connectivity index (χ1v) is 22.8. The van der Waals surface area contributed by atoms with E-state index in [1.807, 2.05) is 12.1 Å². The van der Waals surface area contributed by atoms with Crippen molar-refractivity contribution < 1.29 is 37.5 Å². The van der Waals surface area contributed by atoms with E-state index in [-0.39, 0.29) is 53.5 Å². The second-order valence-corrected chi connectivity index (χ2v) is 18.4. The Morgan fingerprint density at radius 3 is 2.38 bits per heavy atom. The zero-order valence-electron chi connectivity index (χ0n) is 35.9. The zero-order chi connectivity index (χ0) is 44.5. The van der Waals surface area contributed by atoms with E-state index < -0.39 is 41.8 Å². The number of morpholine rings is 1. The summed E-state index contributed by atoms with van der Waals surface area (Å²) >= 11 is 0. The van der Waals surface area contributed by atoms with Crippen LogP contribution in [0.2, 0.25) is 0 Å². The fourth-order valence-electron chi connectivity index (χ4n) is 11.0. The van der Waals surface area contributed by atoms with E-state index in [1.165, 1.54) is 16.9 Å². The van der Waals surface area contributed by atoms with Gasteiger partial charge in [0.05, 0.1) is 54.4 Å². The number of hydrogen-bond donors (Lipinski definition) is 2. The maximum atomic E-state index is 14.3. The van der Waals surface area contributed by atoms with Gasteiger partial charge in [-0.2, -0.15) is 15.2 Å². The van der Waals surface area contributed by atoms with E-state index in [4.69, 9.17) is 9.72 Å². The van der Waals surface area contributed by atoms with Gasteiger partial charge in [-0.3, -0.25) is 29.2 Å². The molecule has 1 aromatic carbocycles. The minimum absolute atomic E-state index is 0.00891. The smallest absolute Gasteiger partial charge is 0.343 e. The number of aromatic nitrogens is 5. The molecule has 6 fully saturated rings. The third kappa shape index (κ3) is 7.75. The first-order valence-electron chi connectivity index (χ1n) is 22.8. The molecule has 10 heterocycles. The summed E-state index contributed by atoms with van der Waals surface area (Å²) in [5, 5.41) is 15.3. The standard InChI is InChI=1S/C44H51F2N13O6/c45-39(46)38-35(48-41(61)34-21-47-56-17-9-36(49-40(34)56)55-23-31-19-30(55)25-65-31)24-57(51-38)28-5-11-52(12-6-28)22-26-3-13-53(14-4-26)27-7-15-54(16-8-27)29-1-2-32-33(20-29)43(63)59(42(32)62)58-18-10-37(60)50-44(58)64/h1-2,9,17,20-21,24,26-28,30-31,39H,3-8,10-16,18-19,22-23,25H2,(H,48,61)(H,50,60,64)/t30-,31-/m1/s1. The highest BCUT2D eigenvalue weighted by molar-refractivity contribution is 6.22. The molecule has 19 nitrogen and oxygen atoms in total. The Kier molecular flexibility index (Phi) is 10.7. The number of carbonyl (C=O) groups excluding carboxylic acids is 5. The molecule has 21 heteroatoms. The molecule has 0 saturated carbocycles. The summed E-state index contributed by atoms with van der Waals surface area (Å²) in [6.45, 7) is 7.72. The maximum Gasteiger partial charge on any atom is 0.343 e. The van der Waals surface area contributed by atoms with E-state index in [1.54, 1.807) is 23.0 Å². The lowest BCUT2D eigenvalue weighted by Gasteiger charge is -2.43. The Bertz CT molecular complexity index is 2540. The van der Waals surface area contributed by atoms with E-state index in [0.29, 0.717) is 24.2 Å². The van der Waals surface area contributed by atoms with Crippen LogP contribution in [0.5, 0.6) is 0 Å². The Labute approximate surface area is 372 Å². The number of rotatable bonds is 10. The normalized spacial score (nSPS) is 24.0. The first kappa shape index (κ1) is 41.6. The average molecular weight is 896 g/mol. The van der Waals surface area contributed by atoms with Crippen LogP contribution in [-0.2, 0) is 9.53 Å². The molecule has 342 valence electrons. The van der Waals surface area contributed by atoms with Crippen molar-refractivity contribution in [3.05, 3.63) is 65.2 Å². The summed E-state index contributed by atoms with van der Waals surface area (Å²) in [6, 6.07) is 6.99. The summed E-state index contributed by atoms with van der Waals surface area (Å²) in [6.07, 6.45) is 8.69. The third-order valence-corrected chi connectivity index (χ3v) is 14.6. The molecular formula is C44H51F2N13O6. The quantitative estimate of drug-likeness (QED) is 0.221. The monoisotopic (exact) mass is 895 g/mol. The summed E-state index contributed by atoms with van der Waals surface area (Å²) in [7, 11) is 0. The van der Waals surface area contributed by atoms with Gasteiger partial charge in [0, 0.05) is 69.8 Å². The lowest BCUT2D eigenvalue weighted by molar-refractivity contribution is -0.122. The second-order valence-electron chi connectivity index (χ2n) is 18.4. The Morgan fingerprint density at radius 1 is 0.892 bits per heavy atom. The number of hydrazine groups is 1. The topological polar surface area (TPSA) is 186 Å². The van der Waals surface area contributed by atoms with E-state index in [0.717, 1.165) is 119 Å². The maximum absolute atomic E-state index is 14.3. The minimum atomic E-state index is -2.86. The van der Waals surface area contributed by atoms with Crippen molar-refractivity contribution in [3.63, 3.8) is 0 Å². The number of anilines is 3. The number of likely N-dealkylation sites (tertiary alicyclic amines) is 2. The largest absolute Gasteiger partial charge is 0.374 e. The van der Waals surface area contributed by atoms with Crippen LogP contribution >= 0.6 is 0 Å². The van der Waals surface area contributed by atoms with Gasteiger partial charge < -0.3 is 29.7 Å². The molecule has 6 saturated heterocycles. The van der Waals surface area contributed by atoms with Crippen LogP contribution < -0.4 is 20.4 Å². The van der Waals surface area contributed by atoms with Crippen LogP contribution in [-0.4, -0.2) is 158 Å². The Balaban J connectivity index is 0.643. The summed E-state index contributed by atoms with van der Waals surface area (Å²) < 4.78 is 37.5. The number of urea groups is 1. The van der Waals surface area contributed by atoms with Crippen LogP contribution in [0.3, 0.4) is 0 Å². The van der Waals surface area contributed by atoms with Crippen molar-refractivity contribution >= 4 is 52.5 Å². The molecule has 65 heavy (non-hydrogen) atoms. The number of benzene rings is 1. The summed E-state index contributed by atoms with van der Waals surface area (Å²) in [5.41, 5.74) is 1.46. The highest BCUT2D eigenvalue weighted by atomic mass is 19.3. The molecule has 6 amide bonds. The van der Waals surface area contributed by atoms with Crippen molar-refractivity contribution in [2.45, 2.75) is 82.0 Å². The Morgan fingerprint density at radius 2 is 1.66 bits per heavy atom. The van der Waals surface area contributed by atoms with Crippen LogP contribution in [0.1, 0.15) is 101 Å². The number of piperidine rings is 3. The molecule has 2 N–H and O–H groups in total. The number of carbonyl (C=O) groups is 5. The van der Waals surface area contributed by atoms with Gasteiger partial charge in [0.2, 0.25) is 5.91 Å². The van der Waals surface area contributed by atoms with Crippen molar-refractivity contribution in [1.82, 2.24) is 49.5 Å². The predicted octanol–water partition coefficient (Wildman–Crippen LogP) is 3.56. The lowest BCUT2D eigenvalue weighted by atomic mass is 9.92. The number of amides is 6. The minimum Gasteiger partial charge on any atom is -0.374 e. The summed E-state index contributed by atoms with van der Waals surface area (Å²) in [4.78, 5) is 78.3. The van der Waals surface area contributed by atoms with Crippen LogP contribution in [0.25, 0.3) is 5.65 Å². The molecular weight excluding hydrogens is 845 g/mol. The molecule has 2 bridgehead atoms. The molecule has 7 aliphatic rings. The number of nitrogens with zero attached hydrogens (tertiary/aromatic N) is 11. The average Bonchev–Trinajstić information content (AvgIpc) is 4.17. The van der Waals surface area contributed by atoms with Gasteiger partial charge in [0.25, 0.3) is 24.1 Å². The fourth-order valence-corrected chi connectivity index (χ4v) is 11.0. The van der Waals surface area contributed by atoms with E-state index in [9.17, 15) is 32.8 Å². The zero-order valence-corrected chi connectivity index (χ0v) is 35.9. The van der Waals surface area contributed by atoms with Crippen molar-refractivity contribution in [2.75, 3.05) is 80.6 Å². The number of alkyl halides is 2. The van der Waals surface area contributed by atoms with Gasteiger partial charge >= 0.3 is 6.03 Å². The molecule has 0 spiro atoms. The van der Waals surface area contributed by atoms with E-state index in [2.05, 4.69) is 40.4 Å². The molecule has 0 radical (unpaired) electrons. The lowest BCUT2D eigenvalue weighted by Crippen LogP contribution is -2.58. The number of imide groups is 2. The molecule has 2 atom stereocenters. The van der Waals surface area contributed by atoms with Crippen molar-refractivity contribution in [2.24, 2.45) is 5.92 Å². The SMILES string of the molecule is O=C1CCN(N2C(=O)c3ccc(N4CCC(N5CCC(CN6CCC(n7cc(NC(=O)c8cnn9ccc(N%10C[C@H]%11C[C@@H]%10CO%11)nc89)c(C(F)F)n7)CC6)CC5)CC4)cc3C2=O)C(=O)N1. The number of fused-ring (bicyclic) bond motifs is 4. The third-order valence-electron chi connectivity index (χ3n) is 14.6. The van der Waals surface area contributed by atoms with Gasteiger partial charge in [0.15, 0.2) is 11.3 Å². The van der Waals surface area contributed by atoms with Crippen molar-refractivity contribution in [3.8, 4) is 0 Å². The molecule has 4 aromatic rings. The predicted molar refractivity (Wildman–Crippen MR) is 230 cm³/mol. The molecule has 11 rings (SSSR count). The molecule has 3 aromatic heterocycles. The van der Waals surface area contributed by atoms with Crippen molar-refractivity contribution in [1.29, 1.82) is 0 Å². The van der Waals surface area contributed by atoms with Gasteiger partial charge in [0.1, 0.15) is 11.4 Å². The number of halogens is 2. The highest BCUT2D eigenvalue weighted by Crippen LogP contribution is 2.35. The van der Waals surface area contributed by atoms with Gasteiger partial charge in [-0.1, -0.05) is 0 Å². The first-order chi connectivity index (χ1) is 31.5. The van der Waals surface area contributed by atoms with Gasteiger partial charge in [-0.05, 0) is 88.2 Å². The van der Waals surface area contributed by atoms with E-state index >= 15 is 0 Å². The van der Waals surface area contributed by atoms with Gasteiger partial charge in [-0.15, -0.1) is 0 Å². The summed E-state index contributed by atoms with van der Waals surface area (Å²) in [5.74, 6) is -0.840. The molecule has 0 aliphatic carbocycles. The second kappa shape index (κ2) is 16.7. The Hall–Kier alpha value is -6.06. The highest BCUT2D eigenvalue weighted by Gasteiger charge is 2.44. The van der Waals surface area contributed by atoms with Gasteiger partial charge in [-0.25, -0.2) is 28.1 Å². The molecule has 7 aliphatic heterocycles. The van der Waals surface area contributed by atoms with Crippen LogP contribution in [0.4, 0.5) is 30.8 Å². The number of hydrogen-bond acceptors (Lipinski definition) is 13. The number of ether oxygens (including phenoxy) is 1. The number of nitrogens with one attached hydrogen (secondary N) is 2. The van der Waals surface area contributed by atoms with Crippen LogP contribution in [0, 0.1) is 5.92 Å². The molecule has 0 unspecified atom stereocenters. The fraction of sp³-hybridized carbons (Fsp3) is 0.545.